The number of amides is 2. The van der Waals surface area contributed by atoms with Gasteiger partial charge in [0.25, 0.3) is 11.8 Å². The molecule has 3 aromatic rings. The van der Waals surface area contributed by atoms with Crippen LogP contribution < -0.4 is 10.6 Å². The molecule has 0 saturated heterocycles. The first-order chi connectivity index (χ1) is 13.1. The van der Waals surface area contributed by atoms with E-state index in [4.69, 9.17) is 4.74 Å². The number of esters is 1. The molecule has 27 heavy (non-hydrogen) atoms. The predicted molar refractivity (Wildman–Crippen MR) is 106 cm³/mol. The number of rotatable bonds is 6. The minimum atomic E-state index is -0.489. The van der Waals surface area contributed by atoms with Crippen molar-refractivity contribution in [1.29, 1.82) is 0 Å². The lowest BCUT2D eigenvalue weighted by molar-refractivity contribution is 0.0607. The summed E-state index contributed by atoms with van der Waals surface area (Å²) in [4.78, 5) is 37.0. The second kappa shape index (κ2) is 8.61. The molecule has 2 amide bonds. The van der Waals surface area contributed by atoms with Crippen LogP contribution in [0.4, 0.5) is 5.69 Å². The summed E-state index contributed by atoms with van der Waals surface area (Å²) in [6.45, 7) is 0.371. The standard InChI is InChI=1S/C19H16N2O4S2/c1-25-19(24)16-14(8-10-27-16)21-17(22)13-6-4-12(5-7-13)11-20-18(23)15-3-2-9-26-15/h2-10H,11H2,1H3,(H,20,23)(H,21,22). The van der Waals surface area contributed by atoms with E-state index in [9.17, 15) is 14.4 Å². The third kappa shape index (κ3) is 4.60. The Hall–Kier alpha value is -2.97. The van der Waals surface area contributed by atoms with Gasteiger partial charge in [0, 0.05) is 12.1 Å². The van der Waals surface area contributed by atoms with Gasteiger partial charge in [0.05, 0.1) is 17.7 Å². The van der Waals surface area contributed by atoms with Gasteiger partial charge in [-0.1, -0.05) is 18.2 Å². The fourth-order valence-corrected chi connectivity index (χ4v) is 3.71. The van der Waals surface area contributed by atoms with Crippen LogP contribution >= 0.6 is 22.7 Å². The Morgan fingerprint density at radius 2 is 1.74 bits per heavy atom. The van der Waals surface area contributed by atoms with Gasteiger partial charge in [-0.15, -0.1) is 22.7 Å². The molecule has 0 atom stereocenters. The lowest BCUT2D eigenvalue weighted by Gasteiger charge is -2.07. The highest BCUT2D eigenvalue weighted by molar-refractivity contribution is 7.12. The molecule has 6 nitrogen and oxygen atoms in total. The number of nitrogens with one attached hydrogen (secondary N) is 2. The van der Waals surface area contributed by atoms with Gasteiger partial charge in [0.2, 0.25) is 0 Å². The Kier molecular flexibility index (Phi) is 6.00. The second-order valence-corrected chi connectivity index (χ2v) is 7.33. The maximum atomic E-state index is 12.4. The molecular formula is C19H16N2O4S2. The molecule has 3 rings (SSSR count). The molecule has 0 unspecified atom stereocenters. The number of hydrogen-bond donors (Lipinski definition) is 2. The highest BCUT2D eigenvalue weighted by Crippen LogP contribution is 2.23. The first-order valence-corrected chi connectivity index (χ1v) is 9.72. The summed E-state index contributed by atoms with van der Waals surface area (Å²) in [5.74, 6) is -0.940. The van der Waals surface area contributed by atoms with Gasteiger partial charge in [-0.2, -0.15) is 0 Å². The van der Waals surface area contributed by atoms with E-state index in [0.29, 0.717) is 27.5 Å². The van der Waals surface area contributed by atoms with Crippen molar-refractivity contribution in [3.05, 3.63) is 74.1 Å². The van der Waals surface area contributed by atoms with E-state index in [1.165, 1.54) is 29.8 Å². The van der Waals surface area contributed by atoms with Crippen LogP contribution in [0.5, 0.6) is 0 Å². The van der Waals surface area contributed by atoms with Gasteiger partial charge in [0.15, 0.2) is 0 Å². The van der Waals surface area contributed by atoms with Gasteiger partial charge in [-0.25, -0.2) is 4.79 Å². The van der Waals surface area contributed by atoms with Crippen LogP contribution in [-0.4, -0.2) is 24.9 Å². The number of carbonyl (C=O) groups is 3. The normalized spacial score (nSPS) is 10.3. The molecule has 0 aliphatic carbocycles. The van der Waals surface area contributed by atoms with E-state index < -0.39 is 5.97 Å². The van der Waals surface area contributed by atoms with E-state index in [1.807, 2.05) is 11.4 Å². The predicted octanol–water partition coefficient (Wildman–Crippen LogP) is 3.78. The number of ether oxygens (including phenoxy) is 1. The van der Waals surface area contributed by atoms with Crippen LogP contribution in [0.3, 0.4) is 0 Å². The van der Waals surface area contributed by atoms with Gasteiger partial charge in [-0.3, -0.25) is 9.59 Å². The molecule has 1 aromatic carbocycles. The Labute approximate surface area is 163 Å². The summed E-state index contributed by atoms with van der Waals surface area (Å²) in [6, 6.07) is 12.1. The van der Waals surface area contributed by atoms with Crippen LogP contribution in [-0.2, 0) is 11.3 Å². The monoisotopic (exact) mass is 400 g/mol. The van der Waals surface area contributed by atoms with E-state index in [-0.39, 0.29) is 11.8 Å². The number of anilines is 1. The van der Waals surface area contributed by atoms with Gasteiger partial charge in [-0.05, 0) is 40.6 Å². The Balaban J connectivity index is 1.60. The molecule has 0 aliphatic rings. The van der Waals surface area contributed by atoms with Gasteiger partial charge >= 0.3 is 5.97 Å². The van der Waals surface area contributed by atoms with Crippen molar-refractivity contribution in [3.8, 4) is 0 Å². The van der Waals surface area contributed by atoms with Gasteiger partial charge in [0.1, 0.15) is 4.88 Å². The number of thiophene rings is 2. The molecule has 0 aliphatic heterocycles. The Morgan fingerprint density at radius 1 is 0.963 bits per heavy atom. The topological polar surface area (TPSA) is 84.5 Å². The van der Waals surface area contributed by atoms with Crippen molar-refractivity contribution in [2.24, 2.45) is 0 Å². The summed E-state index contributed by atoms with van der Waals surface area (Å²) < 4.78 is 4.70. The Bertz CT molecular complexity index is 947. The minimum Gasteiger partial charge on any atom is -0.465 e. The molecule has 138 valence electrons. The number of carbonyl (C=O) groups excluding carboxylic acids is 3. The summed E-state index contributed by atoms with van der Waals surface area (Å²) in [5, 5.41) is 9.10. The molecule has 0 bridgehead atoms. The second-order valence-electron chi connectivity index (χ2n) is 5.47. The Morgan fingerprint density at radius 3 is 2.41 bits per heavy atom. The maximum Gasteiger partial charge on any atom is 0.350 e. The van der Waals surface area contributed by atoms with Crippen LogP contribution in [0.1, 0.15) is 35.3 Å². The SMILES string of the molecule is COC(=O)c1sccc1NC(=O)c1ccc(CNC(=O)c2cccs2)cc1. The fraction of sp³-hybridized carbons (Fsp3) is 0.105. The third-order valence-corrected chi connectivity index (χ3v) is 5.46. The number of methoxy groups -OCH3 is 1. The fourth-order valence-electron chi connectivity index (χ4n) is 2.30. The molecule has 0 fully saturated rings. The highest BCUT2D eigenvalue weighted by Gasteiger charge is 2.16. The van der Waals surface area contributed by atoms with Crippen LogP contribution in [0.25, 0.3) is 0 Å². The van der Waals surface area contributed by atoms with E-state index >= 15 is 0 Å². The van der Waals surface area contributed by atoms with E-state index in [2.05, 4.69) is 10.6 Å². The van der Waals surface area contributed by atoms with Crippen molar-refractivity contribution in [2.75, 3.05) is 12.4 Å². The molecule has 0 spiro atoms. The van der Waals surface area contributed by atoms with E-state index in [1.54, 1.807) is 41.8 Å². The highest BCUT2D eigenvalue weighted by atomic mass is 32.1. The molecule has 0 radical (unpaired) electrons. The van der Waals surface area contributed by atoms with Crippen LogP contribution in [0.2, 0.25) is 0 Å². The van der Waals surface area contributed by atoms with Crippen LogP contribution in [0.15, 0.2) is 53.2 Å². The lowest BCUT2D eigenvalue weighted by atomic mass is 10.1. The number of benzene rings is 1. The third-order valence-electron chi connectivity index (χ3n) is 3.70. The van der Waals surface area contributed by atoms with Crippen molar-refractivity contribution in [2.45, 2.75) is 6.54 Å². The first kappa shape index (κ1) is 18.8. The van der Waals surface area contributed by atoms with Crippen molar-refractivity contribution in [1.82, 2.24) is 5.32 Å². The zero-order valence-electron chi connectivity index (χ0n) is 14.4. The first-order valence-electron chi connectivity index (χ1n) is 7.96. The van der Waals surface area contributed by atoms with Crippen molar-refractivity contribution < 1.29 is 19.1 Å². The van der Waals surface area contributed by atoms with Crippen LogP contribution in [0, 0.1) is 0 Å². The van der Waals surface area contributed by atoms with Crippen molar-refractivity contribution >= 4 is 46.1 Å². The van der Waals surface area contributed by atoms with E-state index in [0.717, 1.165) is 5.56 Å². The summed E-state index contributed by atoms with van der Waals surface area (Å²) in [7, 11) is 1.30. The minimum absolute atomic E-state index is 0.125. The molecule has 8 heteroatoms. The largest absolute Gasteiger partial charge is 0.465 e. The zero-order chi connectivity index (χ0) is 19.2. The average Bonchev–Trinajstić information content (AvgIpc) is 3.38. The van der Waals surface area contributed by atoms with Gasteiger partial charge < -0.3 is 15.4 Å². The zero-order valence-corrected chi connectivity index (χ0v) is 16.0. The lowest BCUT2D eigenvalue weighted by Crippen LogP contribution is -2.21. The summed E-state index contributed by atoms with van der Waals surface area (Å²) in [6.07, 6.45) is 0. The van der Waals surface area contributed by atoms with Crippen molar-refractivity contribution in [3.63, 3.8) is 0 Å². The molecule has 0 saturated carbocycles. The molecule has 2 heterocycles. The summed E-state index contributed by atoms with van der Waals surface area (Å²) >= 11 is 2.58. The quantitative estimate of drug-likeness (QED) is 0.617. The average molecular weight is 400 g/mol. The number of hydrogen-bond acceptors (Lipinski definition) is 6. The maximum absolute atomic E-state index is 12.4. The molecule has 2 aromatic heterocycles. The molecular weight excluding hydrogens is 384 g/mol. The summed E-state index contributed by atoms with van der Waals surface area (Å²) in [5.41, 5.74) is 1.75. The smallest absolute Gasteiger partial charge is 0.350 e. The molecule has 2 N–H and O–H groups in total.